The smallest absolute Gasteiger partial charge is 0.274 e. The molecule has 0 aromatic carbocycles. The van der Waals surface area contributed by atoms with Crippen molar-refractivity contribution >= 4 is 74.9 Å². The van der Waals surface area contributed by atoms with Crippen molar-refractivity contribution in [1.29, 1.82) is 0 Å². The van der Waals surface area contributed by atoms with Crippen molar-refractivity contribution in [2.45, 2.75) is 134 Å². The molecule has 2 unspecified atom stereocenters. The molecule has 398 valence electrons. The number of Topliss-reactive ketones (excluding diaryl/α,β-unsaturated/α-hetero) is 1. The molecule has 0 saturated carbocycles. The zero-order chi connectivity index (χ0) is 52.0. The van der Waals surface area contributed by atoms with E-state index in [2.05, 4.69) is 43.5 Å². The zero-order valence-corrected chi connectivity index (χ0v) is 41.7. The van der Waals surface area contributed by atoms with E-state index in [0.717, 1.165) is 54.7 Å². The predicted molar refractivity (Wildman–Crippen MR) is 232 cm³/mol. The maximum absolute atomic E-state index is 12.6. The van der Waals surface area contributed by atoms with Crippen molar-refractivity contribution in [3.05, 3.63) is 12.7 Å². The first-order valence-corrected chi connectivity index (χ1v) is 27.2. The van der Waals surface area contributed by atoms with Crippen molar-refractivity contribution in [2.24, 2.45) is 5.41 Å². The summed E-state index contributed by atoms with van der Waals surface area (Å²) in [4.78, 5) is 109. The van der Waals surface area contributed by atoms with Crippen LogP contribution in [0.25, 0.3) is 11.2 Å². The van der Waals surface area contributed by atoms with Gasteiger partial charge in [0.1, 0.15) is 48.1 Å². The third-order valence-electron chi connectivity index (χ3n) is 10.7. The molecule has 2 aromatic heterocycles. The molecule has 0 spiro atoms. The summed E-state index contributed by atoms with van der Waals surface area (Å²) in [5.41, 5.74) is 4.01. The summed E-state index contributed by atoms with van der Waals surface area (Å²) in [6, 6.07) is 0. The van der Waals surface area contributed by atoms with E-state index < -0.39 is 109 Å². The van der Waals surface area contributed by atoms with E-state index in [4.69, 9.17) is 19.9 Å². The van der Waals surface area contributed by atoms with Crippen LogP contribution in [0.5, 0.6) is 0 Å². The topological polar surface area (TPSA) is 451 Å². The number of anilines is 1. The first-order chi connectivity index (χ1) is 32.7. The van der Waals surface area contributed by atoms with Crippen LogP contribution in [0.3, 0.4) is 0 Å². The molecule has 33 heteroatoms. The number of ether oxygens (including phenoxy) is 3. The van der Waals surface area contributed by atoms with Gasteiger partial charge < -0.3 is 88.7 Å². The summed E-state index contributed by atoms with van der Waals surface area (Å²) in [6.45, 7) is 1.90. The lowest BCUT2D eigenvalue weighted by atomic mass is 9.87. The number of aliphatic hydroxyl groups excluding tert-OH is 4. The molecule has 4 rings (SSSR count). The Hall–Kier alpha value is -2.93. The summed E-state index contributed by atoms with van der Waals surface area (Å²) >= 11 is 0.875. The highest BCUT2D eigenvalue weighted by atomic mass is 32.2. The molecule has 70 heavy (non-hydrogen) atoms. The average molecular weight is 1080 g/mol. The first-order valence-electron chi connectivity index (χ1n) is 21.8. The Morgan fingerprint density at radius 3 is 2.34 bits per heavy atom. The van der Waals surface area contributed by atoms with Gasteiger partial charge in [0, 0.05) is 50.1 Å². The number of amides is 2. The molecule has 0 aliphatic carbocycles. The summed E-state index contributed by atoms with van der Waals surface area (Å²) in [6.07, 6.45) is -6.63. The molecule has 0 bridgehead atoms. The van der Waals surface area contributed by atoms with Crippen molar-refractivity contribution in [1.82, 2.24) is 30.2 Å². The zero-order valence-electron chi connectivity index (χ0n) is 38.2. The van der Waals surface area contributed by atoms with E-state index in [1.54, 1.807) is 6.92 Å². The van der Waals surface area contributed by atoms with Crippen molar-refractivity contribution in [2.75, 3.05) is 44.4 Å². The number of phosphoric acid groups is 3. The Balaban J connectivity index is 1.08. The van der Waals surface area contributed by atoms with E-state index in [1.807, 2.05) is 0 Å². The SMILES string of the molecule is C[C@@H]1O[C@@H](OCCCCCCCC(=O)CC(=O)SCCNC(=O)CCNC(=O)[C@H](O)C(C)(C)COP(=O)([O-])OP(=O)([O-])OC[C@H]2O[C@@H](n3cnc4c(N)ncnc43)[C@H](O)[C@@H]2OP(=O)([O-])[O-])[C@H](O)C[C@H]1O. The second-order valence-corrected chi connectivity index (χ2v) is 22.1. The first kappa shape index (κ1) is 59.6. The maximum Gasteiger partial charge on any atom is 0.274 e. The quantitative estimate of drug-likeness (QED) is 0.0238. The minimum Gasteiger partial charge on any atom is -0.790 e. The summed E-state index contributed by atoms with van der Waals surface area (Å²) in [5, 5.41) is 45.6. The molecule has 8 N–H and O–H groups in total. The number of nitrogens with two attached hydrogens (primary N) is 1. The number of hydrogen-bond donors (Lipinski definition) is 7. The Morgan fingerprint density at radius 1 is 0.943 bits per heavy atom. The number of thioether (sulfide) groups is 1. The number of ketones is 1. The molecule has 2 amide bonds. The second-order valence-electron chi connectivity index (χ2n) is 16.9. The molecule has 4 heterocycles. The number of nitrogen functional groups attached to an aromatic ring is 1. The fraction of sp³-hybridized carbons (Fsp3) is 0.757. The summed E-state index contributed by atoms with van der Waals surface area (Å²) < 4.78 is 71.8. The van der Waals surface area contributed by atoms with Gasteiger partial charge in [0.15, 0.2) is 29.1 Å². The number of rotatable bonds is 30. The van der Waals surface area contributed by atoms with Crippen molar-refractivity contribution in [3.63, 3.8) is 0 Å². The number of imidazole rings is 1. The maximum atomic E-state index is 12.6. The molecule has 2 aliphatic heterocycles. The van der Waals surface area contributed by atoms with Gasteiger partial charge in [-0.05, 0) is 19.8 Å². The van der Waals surface area contributed by atoms with Gasteiger partial charge in [-0.3, -0.25) is 32.9 Å². The lowest BCUT2D eigenvalue weighted by Gasteiger charge is -2.36. The van der Waals surface area contributed by atoms with Crippen LogP contribution in [0.2, 0.25) is 0 Å². The number of nitrogens with one attached hydrogen (secondary N) is 2. The van der Waals surface area contributed by atoms with Gasteiger partial charge in [-0.15, -0.1) is 0 Å². The fourth-order valence-corrected chi connectivity index (χ4v) is 10.3. The highest BCUT2D eigenvalue weighted by molar-refractivity contribution is 8.13. The molecule has 29 nitrogen and oxygen atoms in total. The predicted octanol–water partition coefficient (Wildman–Crippen LogP) is -2.69. The lowest BCUT2D eigenvalue weighted by molar-refractivity contribution is -0.347. The molecule has 2 aliphatic rings. The second kappa shape index (κ2) is 26.9. The van der Waals surface area contributed by atoms with Crippen LogP contribution in [-0.2, 0) is 65.0 Å². The minimum atomic E-state index is -5.95. The van der Waals surface area contributed by atoms with Crippen molar-refractivity contribution < 1.29 is 105 Å². The van der Waals surface area contributed by atoms with E-state index in [-0.39, 0.29) is 72.4 Å². The van der Waals surface area contributed by atoms with E-state index in [0.29, 0.717) is 13.0 Å². The van der Waals surface area contributed by atoms with Crippen LogP contribution in [0.1, 0.15) is 84.8 Å². The lowest BCUT2D eigenvalue weighted by Crippen LogP contribution is -2.47. The number of phosphoric ester groups is 3. The van der Waals surface area contributed by atoms with E-state index >= 15 is 0 Å². The molecular formula is C37H58N7O22P3S-4. The number of unbranched alkanes of at least 4 members (excludes halogenated alkanes) is 4. The number of carbonyl (C=O) groups is 4. The average Bonchev–Trinajstić information content (AvgIpc) is 3.83. The Labute approximate surface area is 405 Å². The van der Waals surface area contributed by atoms with Gasteiger partial charge in [-0.2, -0.15) is 0 Å². The monoisotopic (exact) mass is 1080 g/mol. The Morgan fingerprint density at radius 2 is 1.63 bits per heavy atom. The van der Waals surface area contributed by atoms with Gasteiger partial charge in [0.2, 0.25) is 11.8 Å². The van der Waals surface area contributed by atoms with Gasteiger partial charge in [-0.25, -0.2) is 19.3 Å². The number of hydrogen-bond acceptors (Lipinski definition) is 27. The normalized spacial score (nSPS) is 25.2. The number of aliphatic hydroxyl groups is 4. The number of carbonyl (C=O) groups excluding carboxylic acids is 4. The Bertz CT molecular complexity index is 2220. The molecule has 11 atom stereocenters. The number of aromatic nitrogens is 4. The van der Waals surface area contributed by atoms with Crippen LogP contribution in [0.15, 0.2) is 12.7 Å². The third kappa shape index (κ3) is 19.2. The standard InChI is InChI=1S/C37H62N7O22P3S/c1-21-23(46)16-24(47)36(63-21)60-13-8-6-4-5-7-9-22(45)15-27(49)70-14-12-39-26(48)10-11-40-34(52)31(51)37(2,3)18-62-69(58,59)66-68(56,57)61-17-25-30(65-67(53,54)55)29(50)35(64-25)44-20-43-28-32(38)41-19-42-33(28)44/h19-21,23-25,29-31,35-36,46-47,50-51H,4-18H2,1-3H3,(H,39,48)(H,40,52)(H,56,57)(H,58,59)(H2,38,41,42)(H2,53,54,55)/p-4/t21-,23+,24+,25+,29+,30+,31-,35+,36+/m0/s1. The highest BCUT2D eigenvalue weighted by Crippen LogP contribution is 2.56. The highest BCUT2D eigenvalue weighted by Gasteiger charge is 2.47. The Kier molecular flexibility index (Phi) is 22.9. The molecule has 0 radical (unpaired) electrons. The summed E-state index contributed by atoms with van der Waals surface area (Å²) in [5.74, 6) is -1.71. The largest absolute Gasteiger partial charge is 0.790 e. The minimum absolute atomic E-state index is 0.0309. The van der Waals surface area contributed by atoms with Crippen LogP contribution in [0, 0.1) is 5.41 Å². The fourth-order valence-electron chi connectivity index (χ4n) is 6.82. The van der Waals surface area contributed by atoms with Gasteiger partial charge >= 0.3 is 0 Å². The van der Waals surface area contributed by atoms with Crippen molar-refractivity contribution in [3.8, 4) is 0 Å². The third-order valence-corrected chi connectivity index (χ3v) is 14.5. The number of nitrogens with zero attached hydrogens (tertiary/aromatic N) is 4. The van der Waals surface area contributed by atoms with Crippen LogP contribution in [0.4, 0.5) is 5.82 Å². The van der Waals surface area contributed by atoms with E-state index in [1.165, 1.54) is 13.8 Å². The molecule has 2 saturated heterocycles. The molecule has 2 aromatic rings. The van der Waals surface area contributed by atoms with Gasteiger partial charge in [0.05, 0.1) is 46.0 Å². The molecular weight excluding hydrogens is 1020 g/mol. The van der Waals surface area contributed by atoms with Crippen LogP contribution < -0.4 is 35.9 Å². The van der Waals surface area contributed by atoms with Gasteiger partial charge in [0.25, 0.3) is 15.6 Å². The number of fused-ring (bicyclic) bond motifs is 1. The molecule has 2 fully saturated rings. The van der Waals surface area contributed by atoms with Crippen LogP contribution >= 0.6 is 35.2 Å². The van der Waals surface area contributed by atoms with Crippen LogP contribution in [-0.4, -0.2) is 150 Å². The van der Waals surface area contributed by atoms with E-state index in [9.17, 15) is 72.9 Å². The summed E-state index contributed by atoms with van der Waals surface area (Å²) in [7, 11) is -17.7. The van der Waals surface area contributed by atoms with Gasteiger partial charge in [-0.1, -0.05) is 44.9 Å².